The Balaban J connectivity index is 1.75. The summed E-state index contributed by atoms with van der Waals surface area (Å²) < 4.78 is 10.6. The predicted molar refractivity (Wildman–Crippen MR) is 87.7 cm³/mol. The first-order valence-electron chi connectivity index (χ1n) is 8.03. The highest BCUT2D eigenvalue weighted by Gasteiger charge is 2.26. The summed E-state index contributed by atoms with van der Waals surface area (Å²) in [7, 11) is 0. The Kier molecular flexibility index (Phi) is 3.72. The zero-order valence-electron chi connectivity index (χ0n) is 13.5. The summed E-state index contributed by atoms with van der Waals surface area (Å²) in [5.41, 5.74) is 1.64. The van der Waals surface area contributed by atoms with Gasteiger partial charge in [-0.05, 0) is 38.0 Å². The predicted octanol–water partition coefficient (Wildman–Crippen LogP) is 1.80. The molecule has 0 spiro atoms. The van der Waals surface area contributed by atoms with Crippen molar-refractivity contribution in [3.05, 3.63) is 35.7 Å². The van der Waals surface area contributed by atoms with Crippen LogP contribution in [-0.2, 0) is 4.79 Å². The van der Waals surface area contributed by atoms with Gasteiger partial charge in [0, 0.05) is 6.54 Å². The fraction of sp³-hybridized carbons (Fsp3) is 0.294. The molecule has 4 heterocycles. The maximum Gasteiger partial charge on any atom is 0.259 e. The van der Waals surface area contributed by atoms with Gasteiger partial charge in [0.25, 0.3) is 11.6 Å². The van der Waals surface area contributed by atoms with Crippen LogP contribution in [0.25, 0.3) is 22.6 Å². The van der Waals surface area contributed by atoms with E-state index in [4.69, 9.17) is 8.94 Å². The van der Waals surface area contributed by atoms with Crippen molar-refractivity contribution in [3.63, 3.8) is 0 Å². The number of furan rings is 1. The summed E-state index contributed by atoms with van der Waals surface area (Å²) in [5, 5.41) is 9.97. The third kappa shape index (κ3) is 2.75. The molecule has 1 saturated heterocycles. The highest BCUT2D eigenvalue weighted by molar-refractivity contribution is 6.08. The first-order valence-corrected chi connectivity index (χ1v) is 8.03. The van der Waals surface area contributed by atoms with Crippen LogP contribution in [0.3, 0.4) is 0 Å². The number of nitrogens with zero attached hydrogens (tertiary/aromatic N) is 2. The number of aryl methyl sites for hydroxylation is 1. The van der Waals surface area contributed by atoms with Crippen LogP contribution >= 0.6 is 0 Å². The third-order valence-electron chi connectivity index (χ3n) is 4.23. The Morgan fingerprint density at radius 3 is 3.08 bits per heavy atom. The summed E-state index contributed by atoms with van der Waals surface area (Å²) in [4.78, 5) is 29.1. The lowest BCUT2D eigenvalue weighted by molar-refractivity contribution is -0.124. The maximum absolute atomic E-state index is 12.8. The molecule has 4 rings (SSSR count). The second-order valence-corrected chi connectivity index (χ2v) is 5.94. The molecule has 8 nitrogen and oxygen atoms in total. The van der Waals surface area contributed by atoms with Crippen LogP contribution in [-0.4, -0.2) is 34.5 Å². The zero-order chi connectivity index (χ0) is 17.4. The van der Waals surface area contributed by atoms with Crippen LogP contribution in [0.1, 0.15) is 28.9 Å². The van der Waals surface area contributed by atoms with Crippen molar-refractivity contribution in [2.24, 2.45) is 0 Å². The summed E-state index contributed by atoms with van der Waals surface area (Å²) in [6.07, 6.45) is 2.96. The minimum Gasteiger partial charge on any atom is -0.463 e. The fourth-order valence-corrected chi connectivity index (χ4v) is 2.97. The molecule has 1 aliphatic heterocycles. The second kappa shape index (κ2) is 6.04. The van der Waals surface area contributed by atoms with Gasteiger partial charge in [-0.15, -0.1) is 0 Å². The lowest BCUT2D eigenvalue weighted by Gasteiger charge is -2.22. The van der Waals surface area contributed by atoms with Crippen molar-refractivity contribution in [2.45, 2.75) is 25.8 Å². The number of nitrogens with one attached hydrogen (secondary N) is 2. The van der Waals surface area contributed by atoms with Gasteiger partial charge in [-0.25, -0.2) is 4.98 Å². The van der Waals surface area contributed by atoms with Crippen molar-refractivity contribution in [1.82, 2.24) is 20.8 Å². The number of carbonyl (C=O) groups is 2. The van der Waals surface area contributed by atoms with Gasteiger partial charge >= 0.3 is 0 Å². The Hall–Kier alpha value is -3.16. The molecule has 3 aromatic rings. The number of carbonyl (C=O) groups excluding carboxylic acids is 2. The van der Waals surface area contributed by atoms with E-state index in [1.165, 1.54) is 6.26 Å². The number of fused-ring (bicyclic) bond motifs is 1. The van der Waals surface area contributed by atoms with Gasteiger partial charge in [0.1, 0.15) is 11.7 Å². The highest BCUT2D eigenvalue weighted by atomic mass is 16.5. The SMILES string of the molecule is Cc1noc2nc(-c3ccco3)cc(C(=O)N[C@@H]3CCCNC3=O)c12. The molecule has 2 N–H and O–H groups in total. The van der Waals surface area contributed by atoms with Crippen LogP contribution in [0.4, 0.5) is 0 Å². The number of pyridine rings is 1. The number of amides is 2. The van der Waals surface area contributed by atoms with E-state index in [9.17, 15) is 9.59 Å². The first-order chi connectivity index (χ1) is 12.1. The average molecular weight is 340 g/mol. The van der Waals surface area contributed by atoms with Crippen molar-refractivity contribution in [1.29, 1.82) is 0 Å². The lowest BCUT2D eigenvalue weighted by Crippen LogP contribution is -2.50. The van der Waals surface area contributed by atoms with Gasteiger partial charge in [-0.2, -0.15) is 0 Å². The van der Waals surface area contributed by atoms with Crippen LogP contribution < -0.4 is 10.6 Å². The highest BCUT2D eigenvalue weighted by Crippen LogP contribution is 2.27. The number of hydrogen-bond donors (Lipinski definition) is 2. The Labute approximate surface area is 142 Å². The molecule has 0 saturated carbocycles. The van der Waals surface area contributed by atoms with E-state index >= 15 is 0 Å². The largest absolute Gasteiger partial charge is 0.463 e. The molecule has 8 heteroatoms. The van der Waals surface area contributed by atoms with E-state index in [2.05, 4.69) is 20.8 Å². The molecule has 1 aliphatic rings. The molecular formula is C17H16N4O4. The van der Waals surface area contributed by atoms with Gasteiger partial charge in [-0.1, -0.05) is 5.16 Å². The van der Waals surface area contributed by atoms with E-state index in [1.807, 2.05) is 0 Å². The van der Waals surface area contributed by atoms with E-state index in [1.54, 1.807) is 25.1 Å². The van der Waals surface area contributed by atoms with E-state index in [0.29, 0.717) is 41.1 Å². The van der Waals surface area contributed by atoms with Crippen molar-refractivity contribution >= 4 is 22.9 Å². The van der Waals surface area contributed by atoms with Crippen LogP contribution in [0.5, 0.6) is 0 Å². The molecule has 1 atom stereocenters. The van der Waals surface area contributed by atoms with Crippen molar-refractivity contribution < 1.29 is 18.5 Å². The fourth-order valence-electron chi connectivity index (χ4n) is 2.97. The third-order valence-corrected chi connectivity index (χ3v) is 4.23. The normalized spacial score (nSPS) is 17.5. The molecule has 0 aliphatic carbocycles. The number of piperidine rings is 1. The van der Waals surface area contributed by atoms with Gasteiger partial charge in [0.2, 0.25) is 5.91 Å². The molecular weight excluding hydrogens is 324 g/mol. The average Bonchev–Trinajstić information content (AvgIpc) is 3.26. The van der Waals surface area contributed by atoms with Gasteiger partial charge in [-0.3, -0.25) is 9.59 Å². The maximum atomic E-state index is 12.8. The summed E-state index contributed by atoms with van der Waals surface area (Å²) in [6, 6.07) is 4.56. The van der Waals surface area contributed by atoms with Gasteiger partial charge < -0.3 is 19.6 Å². The number of aromatic nitrogens is 2. The molecule has 0 radical (unpaired) electrons. The summed E-state index contributed by atoms with van der Waals surface area (Å²) >= 11 is 0. The second-order valence-electron chi connectivity index (χ2n) is 5.94. The van der Waals surface area contributed by atoms with Crippen molar-refractivity contribution in [2.75, 3.05) is 6.54 Å². The minimum absolute atomic E-state index is 0.168. The van der Waals surface area contributed by atoms with E-state index in [-0.39, 0.29) is 17.5 Å². The Morgan fingerprint density at radius 2 is 2.32 bits per heavy atom. The van der Waals surface area contributed by atoms with E-state index < -0.39 is 6.04 Å². The van der Waals surface area contributed by atoms with Crippen LogP contribution in [0, 0.1) is 6.92 Å². The van der Waals surface area contributed by atoms with Gasteiger partial charge in [0.05, 0.1) is 22.9 Å². The lowest BCUT2D eigenvalue weighted by atomic mass is 10.0. The first kappa shape index (κ1) is 15.4. The molecule has 0 bridgehead atoms. The smallest absolute Gasteiger partial charge is 0.259 e. The molecule has 3 aromatic heterocycles. The Bertz CT molecular complexity index is 945. The molecule has 0 aromatic carbocycles. The standard InChI is InChI=1S/C17H16N4O4/c1-9-14-10(15(22)19-11-4-2-6-18-16(11)23)8-12(13-5-3-7-24-13)20-17(14)25-21-9/h3,5,7-8,11H,2,4,6H2,1H3,(H,18,23)(H,19,22)/t11-/m1/s1. The monoisotopic (exact) mass is 340 g/mol. The topological polar surface area (TPSA) is 110 Å². The molecule has 25 heavy (non-hydrogen) atoms. The summed E-state index contributed by atoms with van der Waals surface area (Å²) in [6.45, 7) is 2.38. The molecule has 1 fully saturated rings. The Morgan fingerprint density at radius 1 is 1.44 bits per heavy atom. The molecule has 0 unspecified atom stereocenters. The number of hydrogen-bond acceptors (Lipinski definition) is 6. The number of rotatable bonds is 3. The van der Waals surface area contributed by atoms with Crippen LogP contribution in [0.2, 0.25) is 0 Å². The van der Waals surface area contributed by atoms with Crippen molar-refractivity contribution in [3.8, 4) is 11.5 Å². The molecule has 2 amide bonds. The quantitative estimate of drug-likeness (QED) is 0.752. The van der Waals surface area contributed by atoms with Gasteiger partial charge in [0.15, 0.2) is 5.76 Å². The van der Waals surface area contributed by atoms with Crippen LogP contribution in [0.15, 0.2) is 33.4 Å². The summed E-state index contributed by atoms with van der Waals surface area (Å²) in [5.74, 6) is -0.0211. The molecule has 128 valence electrons. The minimum atomic E-state index is -0.545. The zero-order valence-corrected chi connectivity index (χ0v) is 13.5. The van der Waals surface area contributed by atoms with E-state index in [0.717, 1.165) is 6.42 Å².